The van der Waals surface area contributed by atoms with E-state index < -0.39 is 11.0 Å². The molecular formula is C9H10BrNO3. The number of nitro groups is 1. The Morgan fingerprint density at radius 1 is 1.64 bits per heavy atom. The third kappa shape index (κ3) is 2.78. The number of halogens is 1. The number of hydrogen-bond donors (Lipinski definition) is 1. The summed E-state index contributed by atoms with van der Waals surface area (Å²) < 4.78 is 0.665. The van der Waals surface area contributed by atoms with Gasteiger partial charge >= 0.3 is 0 Å². The molecule has 0 aromatic heterocycles. The van der Waals surface area contributed by atoms with Crippen molar-refractivity contribution in [1.82, 2.24) is 0 Å². The molecule has 1 rings (SSSR count). The van der Waals surface area contributed by atoms with Crippen LogP contribution in [0, 0.1) is 10.1 Å². The summed E-state index contributed by atoms with van der Waals surface area (Å²) in [5.41, 5.74) is 0.591. The van der Waals surface area contributed by atoms with Crippen LogP contribution in [-0.2, 0) is 6.42 Å². The van der Waals surface area contributed by atoms with E-state index >= 15 is 0 Å². The van der Waals surface area contributed by atoms with Crippen molar-refractivity contribution in [1.29, 1.82) is 0 Å². The maximum absolute atomic E-state index is 10.7. The molecule has 0 radical (unpaired) electrons. The molecule has 1 atom stereocenters. The van der Waals surface area contributed by atoms with Gasteiger partial charge in [0.2, 0.25) is 0 Å². The van der Waals surface area contributed by atoms with Gasteiger partial charge in [0, 0.05) is 22.5 Å². The van der Waals surface area contributed by atoms with E-state index in [1.54, 1.807) is 19.1 Å². The summed E-state index contributed by atoms with van der Waals surface area (Å²) in [4.78, 5) is 10.2. The van der Waals surface area contributed by atoms with Gasteiger partial charge in [-0.3, -0.25) is 10.1 Å². The highest BCUT2D eigenvalue weighted by atomic mass is 79.9. The van der Waals surface area contributed by atoms with Crippen LogP contribution < -0.4 is 0 Å². The molecule has 5 heteroatoms. The zero-order valence-electron chi connectivity index (χ0n) is 7.61. The smallest absolute Gasteiger partial charge is 0.273 e. The van der Waals surface area contributed by atoms with Gasteiger partial charge in [0.1, 0.15) is 0 Å². The molecule has 0 spiro atoms. The summed E-state index contributed by atoms with van der Waals surface area (Å²) in [5, 5.41) is 19.8. The zero-order chi connectivity index (χ0) is 10.7. The van der Waals surface area contributed by atoms with Crippen molar-refractivity contribution in [3.8, 4) is 0 Å². The van der Waals surface area contributed by atoms with Gasteiger partial charge in [-0.25, -0.2) is 0 Å². The molecule has 76 valence electrons. The van der Waals surface area contributed by atoms with E-state index in [9.17, 15) is 10.1 Å². The van der Waals surface area contributed by atoms with Gasteiger partial charge in [0.05, 0.1) is 11.0 Å². The second-order valence-corrected chi connectivity index (χ2v) is 4.00. The number of hydrogen-bond acceptors (Lipinski definition) is 3. The number of rotatable bonds is 3. The quantitative estimate of drug-likeness (QED) is 0.669. The molecule has 1 N–H and O–H groups in total. The first kappa shape index (κ1) is 11.1. The Morgan fingerprint density at radius 2 is 2.29 bits per heavy atom. The van der Waals surface area contributed by atoms with Crippen LogP contribution >= 0.6 is 15.9 Å². The fourth-order valence-corrected chi connectivity index (χ4v) is 1.55. The molecule has 0 saturated heterocycles. The summed E-state index contributed by atoms with van der Waals surface area (Å²) in [6.07, 6.45) is -0.279. The van der Waals surface area contributed by atoms with E-state index in [-0.39, 0.29) is 5.69 Å². The Morgan fingerprint density at radius 3 is 2.79 bits per heavy atom. The lowest BCUT2D eigenvalue weighted by atomic mass is 10.1. The highest BCUT2D eigenvalue weighted by Crippen LogP contribution is 2.24. The van der Waals surface area contributed by atoms with E-state index in [1.165, 1.54) is 6.07 Å². The molecule has 0 aliphatic heterocycles. The highest BCUT2D eigenvalue weighted by Gasteiger charge is 2.15. The molecule has 0 saturated carbocycles. The molecule has 0 aliphatic rings. The lowest BCUT2D eigenvalue weighted by Gasteiger charge is -2.05. The fourth-order valence-electron chi connectivity index (χ4n) is 1.20. The second-order valence-electron chi connectivity index (χ2n) is 3.08. The first-order chi connectivity index (χ1) is 6.50. The molecule has 0 aliphatic carbocycles. The van der Waals surface area contributed by atoms with Crippen molar-refractivity contribution in [2.75, 3.05) is 0 Å². The SMILES string of the molecule is CC(O)Cc1ccc(Br)cc1[N+](=O)[O-]. The van der Waals surface area contributed by atoms with Gasteiger partial charge in [-0.2, -0.15) is 0 Å². The van der Waals surface area contributed by atoms with E-state index in [1.807, 2.05) is 0 Å². The van der Waals surface area contributed by atoms with E-state index in [2.05, 4.69) is 15.9 Å². The molecule has 0 amide bonds. The summed E-state index contributed by atoms with van der Waals surface area (Å²) in [6.45, 7) is 1.60. The second kappa shape index (κ2) is 4.52. The molecule has 1 aromatic rings. The minimum atomic E-state index is -0.574. The number of benzene rings is 1. The lowest BCUT2D eigenvalue weighted by molar-refractivity contribution is -0.385. The molecule has 1 unspecified atom stereocenters. The van der Waals surface area contributed by atoms with Crippen molar-refractivity contribution < 1.29 is 10.0 Å². The van der Waals surface area contributed by atoms with E-state index in [0.29, 0.717) is 16.5 Å². The predicted molar refractivity (Wildman–Crippen MR) is 56.2 cm³/mol. The molecule has 0 bridgehead atoms. The van der Waals surface area contributed by atoms with Crippen LogP contribution in [0.2, 0.25) is 0 Å². The third-order valence-corrected chi connectivity index (χ3v) is 2.25. The lowest BCUT2D eigenvalue weighted by Crippen LogP contribution is -2.06. The maximum atomic E-state index is 10.7. The molecule has 1 aromatic carbocycles. The standard InChI is InChI=1S/C9H10BrNO3/c1-6(12)4-7-2-3-8(10)5-9(7)11(13)14/h2-3,5-6,12H,4H2,1H3. The Kier molecular flexibility index (Phi) is 3.60. The van der Waals surface area contributed by atoms with Gasteiger partial charge in [-0.05, 0) is 13.0 Å². The molecule has 0 heterocycles. The van der Waals surface area contributed by atoms with Crippen LogP contribution in [0.15, 0.2) is 22.7 Å². The highest BCUT2D eigenvalue weighted by molar-refractivity contribution is 9.10. The van der Waals surface area contributed by atoms with Crippen molar-refractivity contribution in [2.45, 2.75) is 19.4 Å². The minimum absolute atomic E-state index is 0.0419. The fraction of sp³-hybridized carbons (Fsp3) is 0.333. The predicted octanol–water partition coefficient (Wildman–Crippen LogP) is 2.28. The Balaban J connectivity index is 3.08. The van der Waals surface area contributed by atoms with Crippen LogP contribution in [0.25, 0.3) is 0 Å². The van der Waals surface area contributed by atoms with Gasteiger partial charge in [0.25, 0.3) is 5.69 Å². The minimum Gasteiger partial charge on any atom is -0.393 e. The first-order valence-electron chi connectivity index (χ1n) is 4.11. The Bertz CT molecular complexity index is 352. The summed E-state index contributed by atoms with van der Waals surface area (Å²) >= 11 is 3.16. The van der Waals surface area contributed by atoms with Crippen molar-refractivity contribution in [2.24, 2.45) is 0 Å². The van der Waals surface area contributed by atoms with Crippen molar-refractivity contribution >= 4 is 21.6 Å². The van der Waals surface area contributed by atoms with Gasteiger partial charge in [0.15, 0.2) is 0 Å². The summed E-state index contributed by atoms with van der Waals surface area (Å²) in [6, 6.07) is 4.82. The van der Waals surface area contributed by atoms with E-state index in [0.717, 1.165) is 0 Å². The van der Waals surface area contributed by atoms with Gasteiger partial charge in [-0.1, -0.05) is 22.0 Å². The van der Waals surface area contributed by atoms with Crippen LogP contribution in [0.5, 0.6) is 0 Å². The third-order valence-electron chi connectivity index (χ3n) is 1.76. The number of aliphatic hydroxyl groups excluding tert-OH is 1. The van der Waals surface area contributed by atoms with Crippen molar-refractivity contribution in [3.05, 3.63) is 38.3 Å². The van der Waals surface area contributed by atoms with Crippen LogP contribution in [-0.4, -0.2) is 16.1 Å². The Labute approximate surface area is 89.8 Å². The molecule has 14 heavy (non-hydrogen) atoms. The van der Waals surface area contributed by atoms with E-state index in [4.69, 9.17) is 5.11 Å². The average molecular weight is 260 g/mol. The monoisotopic (exact) mass is 259 g/mol. The summed E-state index contributed by atoms with van der Waals surface area (Å²) in [5.74, 6) is 0. The number of aliphatic hydroxyl groups is 1. The number of nitro benzene ring substituents is 1. The molecule has 4 nitrogen and oxygen atoms in total. The maximum Gasteiger partial charge on any atom is 0.273 e. The van der Waals surface area contributed by atoms with Crippen molar-refractivity contribution in [3.63, 3.8) is 0 Å². The molecule has 0 fully saturated rings. The summed E-state index contributed by atoms with van der Waals surface area (Å²) in [7, 11) is 0. The first-order valence-corrected chi connectivity index (χ1v) is 4.91. The van der Waals surface area contributed by atoms with Gasteiger partial charge in [-0.15, -0.1) is 0 Å². The van der Waals surface area contributed by atoms with Gasteiger partial charge < -0.3 is 5.11 Å². The number of nitrogens with zero attached hydrogens (tertiary/aromatic N) is 1. The topological polar surface area (TPSA) is 63.4 Å². The van der Waals surface area contributed by atoms with Crippen LogP contribution in [0.3, 0.4) is 0 Å². The van der Waals surface area contributed by atoms with Crippen LogP contribution in [0.1, 0.15) is 12.5 Å². The Hall–Kier alpha value is -0.940. The largest absolute Gasteiger partial charge is 0.393 e. The normalized spacial score (nSPS) is 12.5. The average Bonchev–Trinajstić information content (AvgIpc) is 2.07. The molecular weight excluding hydrogens is 250 g/mol. The van der Waals surface area contributed by atoms with Crippen LogP contribution in [0.4, 0.5) is 5.69 Å². The zero-order valence-corrected chi connectivity index (χ0v) is 9.19.